The molecule has 0 saturated carbocycles. The van der Waals surface area contributed by atoms with Gasteiger partial charge in [0.15, 0.2) is 5.76 Å². The van der Waals surface area contributed by atoms with Crippen LogP contribution in [0.3, 0.4) is 0 Å². The Hall–Kier alpha value is -3.20. The third-order valence-electron chi connectivity index (χ3n) is 4.77. The maximum absolute atomic E-state index is 5.56. The summed E-state index contributed by atoms with van der Waals surface area (Å²) in [5.41, 5.74) is 6.40. The third kappa shape index (κ3) is 3.41. The van der Waals surface area contributed by atoms with Crippen LogP contribution in [0.2, 0.25) is 0 Å². The Morgan fingerprint density at radius 3 is 1.96 bits per heavy atom. The monoisotopic (exact) mass is 354 g/mol. The summed E-state index contributed by atoms with van der Waals surface area (Å²) in [4.78, 5) is 0. The van der Waals surface area contributed by atoms with Gasteiger partial charge in [-0.15, -0.1) is 5.10 Å². The zero-order chi connectivity index (χ0) is 18.9. The fourth-order valence-corrected chi connectivity index (χ4v) is 3.24. The summed E-state index contributed by atoms with van der Waals surface area (Å²) in [6, 6.07) is 27.0. The van der Waals surface area contributed by atoms with Crippen molar-refractivity contribution < 1.29 is 4.52 Å². The summed E-state index contributed by atoms with van der Waals surface area (Å²) in [6.45, 7) is 6.62. The van der Waals surface area contributed by atoms with E-state index in [2.05, 4.69) is 79.7 Å². The quantitative estimate of drug-likeness (QED) is 0.429. The van der Waals surface area contributed by atoms with Crippen LogP contribution in [-0.4, -0.2) is 10.4 Å². The van der Waals surface area contributed by atoms with Crippen molar-refractivity contribution in [3.63, 3.8) is 0 Å². The van der Waals surface area contributed by atoms with E-state index < -0.39 is 0 Å². The predicted octanol–water partition coefficient (Wildman–Crippen LogP) is 6.37. The summed E-state index contributed by atoms with van der Waals surface area (Å²) >= 11 is 0. The minimum absolute atomic E-state index is 0.112. The number of rotatable bonds is 3. The summed E-state index contributed by atoms with van der Waals surface area (Å²) in [5, 5.41) is 8.16. The topological polar surface area (TPSA) is 38.9 Å². The molecule has 0 amide bonds. The normalized spacial score (nSPS) is 11.5. The molecule has 0 fully saturated rings. The second-order valence-corrected chi connectivity index (χ2v) is 7.69. The van der Waals surface area contributed by atoms with E-state index in [0.29, 0.717) is 5.76 Å². The molecule has 27 heavy (non-hydrogen) atoms. The first-order valence-corrected chi connectivity index (χ1v) is 9.12. The zero-order valence-corrected chi connectivity index (χ0v) is 15.8. The minimum atomic E-state index is 0.112. The van der Waals surface area contributed by atoms with E-state index >= 15 is 0 Å². The molecule has 4 aromatic rings. The first-order valence-electron chi connectivity index (χ1n) is 9.12. The van der Waals surface area contributed by atoms with Gasteiger partial charge in [-0.25, -0.2) is 0 Å². The Bertz CT molecular complexity index is 1040. The van der Waals surface area contributed by atoms with E-state index in [9.17, 15) is 0 Å². The fraction of sp³-hybridized carbons (Fsp3) is 0.167. The predicted molar refractivity (Wildman–Crippen MR) is 109 cm³/mol. The number of nitrogens with zero attached hydrogens (tertiary/aromatic N) is 2. The second-order valence-electron chi connectivity index (χ2n) is 7.69. The van der Waals surface area contributed by atoms with Gasteiger partial charge in [0.05, 0.1) is 0 Å². The maximum atomic E-state index is 5.56. The highest BCUT2D eigenvalue weighted by atomic mass is 16.5. The van der Waals surface area contributed by atoms with E-state index in [1.807, 2.05) is 30.3 Å². The van der Waals surface area contributed by atoms with Crippen molar-refractivity contribution in [2.24, 2.45) is 0 Å². The first kappa shape index (κ1) is 17.2. The van der Waals surface area contributed by atoms with Crippen molar-refractivity contribution in [3.8, 4) is 33.7 Å². The number of hydrogen-bond acceptors (Lipinski definition) is 3. The van der Waals surface area contributed by atoms with Crippen LogP contribution in [0.1, 0.15) is 26.3 Å². The maximum Gasteiger partial charge on any atom is 0.195 e. The lowest BCUT2D eigenvalue weighted by molar-refractivity contribution is 0.403. The molecule has 0 bridgehead atoms. The summed E-state index contributed by atoms with van der Waals surface area (Å²) in [5.74, 6) is 0.693. The van der Waals surface area contributed by atoms with Crippen LogP contribution in [0.5, 0.6) is 0 Å². The van der Waals surface area contributed by atoms with Gasteiger partial charge in [-0.3, -0.25) is 0 Å². The average molecular weight is 354 g/mol. The van der Waals surface area contributed by atoms with E-state index in [1.165, 1.54) is 5.56 Å². The Morgan fingerprint density at radius 2 is 1.30 bits per heavy atom. The lowest BCUT2D eigenvalue weighted by atomic mass is 9.86. The van der Waals surface area contributed by atoms with E-state index in [1.54, 1.807) is 0 Å². The Kier molecular flexibility index (Phi) is 4.36. The van der Waals surface area contributed by atoms with Crippen LogP contribution in [0.4, 0.5) is 0 Å². The Morgan fingerprint density at radius 1 is 0.667 bits per heavy atom. The summed E-state index contributed by atoms with van der Waals surface area (Å²) < 4.78 is 5.56. The molecule has 4 rings (SSSR count). The molecular weight excluding hydrogens is 332 g/mol. The first-order chi connectivity index (χ1) is 13.0. The minimum Gasteiger partial charge on any atom is -0.336 e. The number of hydrogen-bond donors (Lipinski definition) is 0. The third-order valence-corrected chi connectivity index (χ3v) is 4.77. The molecule has 0 spiro atoms. The molecule has 0 saturated heterocycles. The lowest BCUT2D eigenvalue weighted by Gasteiger charge is -2.18. The molecule has 134 valence electrons. The van der Waals surface area contributed by atoms with Gasteiger partial charge in [-0.1, -0.05) is 99.6 Å². The van der Waals surface area contributed by atoms with Crippen molar-refractivity contribution in [1.82, 2.24) is 10.4 Å². The average Bonchev–Trinajstić information content (AvgIpc) is 3.18. The van der Waals surface area contributed by atoms with Crippen molar-refractivity contribution in [2.45, 2.75) is 26.2 Å². The van der Waals surface area contributed by atoms with E-state index in [4.69, 9.17) is 4.52 Å². The largest absolute Gasteiger partial charge is 0.336 e. The molecule has 3 heteroatoms. The molecule has 1 heterocycles. The van der Waals surface area contributed by atoms with Crippen LogP contribution in [0.25, 0.3) is 33.7 Å². The molecule has 0 atom stereocenters. The summed E-state index contributed by atoms with van der Waals surface area (Å²) in [7, 11) is 0. The van der Waals surface area contributed by atoms with Gasteiger partial charge in [-0.2, -0.15) is 0 Å². The molecule has 1 aromatic heterocycles. The molecule has 0 aliphatic rings. The van der Waals surface area contributed by atoms with Gasteiger partial charge in [0, 0.05) is 16.4 Å². The molecule has 0 N–H and O–H groups in total. The SMILES string of the molecule is CC(C)(C)c1ccc(-c2onnc2-c2ccccc2-c2ccccc2)cc1. The molecule has 3 aromatic carbocycles. The van der Waals surface area contributed by atoms with Crippen LogP contribution < -0.4 is 0 Å². The van der Waals surface area contributed by atoms with Gasteiger partial charge >= 0.3 is 0 Å². The van der Waals surface area contributed by atoms with Gasteiger partial charge in [0.1, 0.15) is 5.69 Å². The smallest absolute Gasteiger partial charge is 0.195 e. The molecular formula is C24H22N2O. The van der Waals surface area contributed by atoms with Gasteiger partial charge in [-0.05, 0) is 22.1 Å². The standard InChI is InChI=1S/C24H22N2O/c1-24(2,3)19-15-13-18(14-16-19)23-22(25-26-27-23)21-12-8-7-11-20(21)17-9-5-4-6-10-17/h4-16H,1-3H3. The molecule has 0 radical (unpaired) electrons. The van der Waals surface area contributed by atoms with Crippen molar-refractivity contribution >= 4 is 0 Å². The van der Waals surface area contributed by atoms with Gasteiger partial charge in [0.25, 0.3) is 0 Å². The second kappa shape index (κ2) is 6.84. The van der Waals surface area contributed by atoms with Gasteiger partial charge in [0.2, 0.25) is 0 Å². The van der Waals surface area contributed by atoms with E-state index in [-0.39, 0.29) is 5.41 Å². The van der Waals surface area contributed by atoms with Crippen LogP contribution in [0.15, 0.2) is 83.4 Å². The Balaban J connectivity index is 1.80. The van der Waals surface area contributed by atoms with Gasteiger partial charge < -0.3 is 4.52 Å². The van der Waals surface area contributed by atoms with Crippen LogP contribution >= 0.6 is 0 Å². The molecule has 3 nitrogen and oxygen atoms in total. The molecule has 0 aliphatic heterocycles. The Labute approximate surface area is 159 Å². The van der Waals surface area contributed by atoms with Crippen molar-refractivity contribution in [1.29, 1.82) is 0 Å². The highest BCUT2D eigenvalue weighted by Gasteiger charge is 2.19. The molecule has 0 aliphatic carbocycles. The number of benzene rings is 3. The zero-order valence-electron chi connectivity index (χ0n) is 15.8. The lowest BCUT2D eigenvalue weighted by Crippen LogP contribution is -2.10. The fourth-order valence-electron chi connectivity index (χ4n) is 3.24. The highest BCUT2D eigenvalue weighted by Crippen LogP contribution is 2.37. The van der Waals surface area contributed by atoms with Crippen molar-refractivity contribution in [2.75, 3.05) is 0 Å². The molecule has 0 unspecified atom stereocenters. The highest BCUT2D eigenvalue weighted by molar-refractivity contribution is 5.87. The van der Waals surface area contributed by atoms with Crippen molar-refractivity contribution in [3.05, 3.63) is 84.4 Å². The summed E-state index contributed by atoms with van der Waals surface area (Å²) in [6.07, 6.45) is 0. The van der Waals surface area contributed by atoms with E-state index in [0.717, 1.165) is 27.9 Å². The number of aromatic nitrogens is 2. The van der Waals surface area contributed by atoms with Crippen LogP contribution in [-0.2, 0) is 5.41 Å². The van der Waals surface area contributed by atoms with Crippen LogP contribution in [0, 0.1) is 0 Å².